The largest absolute Gasteiger partial charge is 0.334 e. The molecule has 0 spiro atoms. The third-order valence-corrected chi connectivity index (χ3v) is 3.85. The maximum atomic E-state index is 13.8. The minimum absolute atomic E-state index is 0.0392. The Morgan fingerprint density at radius 3 is 2.60 bits per heavy atom. The van der Waals surface area contributed by atoms with E-state index in [2.05, 4.69) is 10.1 Å². The first-order valence-corrected chi connectivity index (χ1v) is 6.59. The average molecular weight is 279 g/mol. The lowest BCUT2D eigenvalue weighted by Gasteiger charge is -2.17. The third-order valence-electron chi connectivity index (χ3n) is 3.85. The molecule has 4 nitrogen and oxygen atoms in total. The van der Waals surface area contributed by atoms with Crippen LogP contribution in [0.5, 0.6) is 0 Å². The highest BCUT2D eigenvalue weighted by molar-refractivity contribution is 5.55. The van der Waals surface area contributed by atoms with Gasteiger partial charge in [0.25, 0.3) is 5.89 Å². The lowest BCUT2D eigenvalue weighted by Crippen LogP contribution is -2.34. The molecule has 1 saturated carbocycles. The molecular formula is C14H15F2N3O. The SMILES string of the molecule is Cc1cc(-c2nc(C3(N)CCCC3)no2)c(F)cc1F. The third kappa shape index (κ3) is 2.10. The number of benzene rings is 1. The second kappa shape index (κ2) is 4.63. The van der Waals surface area contributed by atoms with Crippen LogP contribution in [0.15, 0.2) is 16.7 Å². The van der Waals surface area contributed by atoms with Gasteiger partial charge in [0, 0.05) is 6.07 Å². The van der Waals surface area contributed by atoms with Gasteiger partial charge in [0.1, 0.15) is 11.6 Å². The van der Waals surface area contributed by atoms with Gasteiger partial charge in [-0.3, -0.25) is 0 Å². The fraction of sp³-hybridized carbons (Fsp3) is 0.429. The van der Waals surface area contributed by atoms with Crippen molar-refractivity contribution in [3.63, 3.8) is 0 Å². The van der Waals surface area contributed by atoms with Gasteiger partial charge in [-0.2, -0.15) is 4.98 Å². The summed E-state index contributed by atoms with van der Waals surface area (Å²) in [7, 11) is 0. The van der Waals surface area contributed by atoms with Crippen molar-refractivity contribution >= 4 is 0 Å². The van der Waals surface area contributed by atoms with Crippen LogP contribution in [0.3, 0.4) is 0 Å². The quantitative estimate of drug-likeness (QED) is 0.917. The van der Waals surface area contributed by atoms with E-state index in [0.29, 0.717) is 11.4 Å². The number of aromatic nitrogens is 2. The van der Waals surface area contributed by atoms with Gasteiger partial charge >= 0.3 is 0 Å². The Labute approximate surface area is 115 Å². The molecule has 0 unspecified atom stereocenters. The molecule has 1 aromatic carbocycles. The molecule has 2 aromatic rings. The molecule has 20 heavy (non-hydrogen) atoms. The summed E-state index contributed by atoms with van der Waals surface area (Å²) in [5, 5.41) is 3.87. The van der Waals surface area contributed by atoms with E-state index < -0.39 is 17.2 Å². The predicted molar refractivity (Wildman–Crippen MR) is 68.7 cm³/mol. The smallest absolute Gasteiger partial charge is 0.260 e. The molecule has 0 saturated heterocycles. The molecule has 1 aromatic heterocycles. The van der Waals surface area contributed by atoms with Crippen LogP contribution in [0.2, 0.25) is 0 Å². The fourth-order valence-corrected chi connectivity index (χ4v) is 2.59. The summed E-state index contributed by atoms with van der Waals surface area (Å²) in [5.74, 6) is -0.887. The van der Waals surface area contributed by atoms with E-state index in [9.17, 15) is 8.78 Å². The Hall–Kier alpha value is -1.82. The summed E-state index contributed by atoms with van der Waals surface area (Å²) in [6.45, 7) is 1.55. The van der Waals surface area contributed by atoms with E-state index >= 15 is 0 Å². The van der Waals surface area contributed by atoms with E-state index in [4.69, 9.17) is 10.3 Å². The van der Waals surface area contributed by atoms with Crippen LogP contribution < -0.4 is 5.73 Å². The fourth-order valence-electron chi connectivity index (χ4n) is 2.59. The van der Waals surface area contributed by atoms with Crippen molar-refractivity contribution in [3.8, 4) is 11.5 Å². The second-order valence-electron chi connectivity index (χ2n) is 5.37. The first-order chi connectivity index (χ1) is 9.49. The van der Waals surface area contributed by atoms with E-state index in [1.54, 1.807) is 6.92 Å². The van der Waals surface area contributed by atoms with E-state index in [1.165, 1.54) is 6.07 Å². The lowest BCUT2D eigenvalue weighted by atomic mass is 9.98. The van der Waals surface area contributed by atoms with Crippen molar-refractivity contribution < 1.29 is 13.3 Å². The first-order valence-electron chi connectivity index (χ1n) is 6.59. The van der Waals surface area contributed by atoms with Crippen molar-refractivity contribution in [3.05, 3.63) is 35.2 Å². The molecule has 2 N–H and O–H groups in total. The molecule has 1 aliphatic carbocycles. The van der Waals surface area contributed by atoms with E-state index in [-0.39, 0.29) is 11.5 Å². The molecule has 0 bridgehead atoms. The maximum absolute atomic E-state index is 13.8. The predicted octanol–water partition coefficient (Wildman–Crippen LogP) is 3.05. The summed E-state index contributed by atoms with van der Waals surface area (Å²) < 4.78 is 32.2. The Morgan fingerprint density at radius 2 is 1.90 bits per heavy atom. The van der Waals surface area contributed by atoms with Crippen LogP contribution in [0.1, 0.15) is 37.1 Å². The number of hydrogen-bond acceptors (Lipinski definition) is 4. The highest BCUT2D eigenvalue weighted by atomic mass is 19.1. The number of rotatable bonds is 2. The van der Waals surface area contributed by atoms with Gasteiger partial charge in [-0.25, -0.2) is 8.78 Å². The van der Waals surface area contributed by atoms with Gasteiger partial charge in [0.15, 0.2) is 5.82 Å². The topological polar surface area (TPSA) is 64.9 Å². The minimum atomic E-state index is -0.721. The highest BCUT2D eigenvalue weighted by Crippen LogP contribution is 2.35. The summed E-state index contributed by atoms with van der Waals surface area (Å²) in [6.07, 6.45) is 3.61. The molecule has 0 radical (unpaired) electrons. The minimum Gasteiger partial charge on any atom is -0.334 e. The Balaban J connectivity index is 2.00. The van der Waals surface area contributed by atoms with Crippen molar-refractivity contribution in [1.29, 1.82) is 0 Å². The second-order valence-corrected chi connectivity index (χ2v) is 5.37. The van der Waals surface area contributed by atoms with Crippen molar-refractivity contribution in [2.45, 2.75) is 38.1 Å². The Morgan fingerprint density at radius 1 is 1.20 bits per heavy atom. The van der Waals surface area contributed by atoms with Crippen molar-refractivity contribution in [1.82, 2.24) is 10.1 Å². The van der Waals surface area contributed by atoms with Crippen molar-refractivity contribution in [2.24, 2.45) is 5.73 Å². The molecule has 3 rings (SSSR count). The average Bonchev–Trinajstić information content (AvgIpc) is 3.03. The molecular weight excluding hydrogens is 264 g/mol. The molecule has 6 heteroatoms. The van der Waals surface area contributed by atoms with Gasteiger partial charge in [-0.1, -0.05) is 18.0 Å². The zero-order chi connectivity index (χ0) is 14.3. The molecule has 1 fully saturated rings. The Bertz CT molecular complexity index is 648. The molecule has 1 aliphatic rings. The van der Waals surface area contributed by atoms with Crippen LogP contribution in [-0.2, 0) is 5.54 Å². The maximum Gasteiger partial charge on any atom is 0.260 e. The normalized spacial score (nSPS) is 17.6. The Kier molecular flexibility index (Phi) is 3.05. The molecule has 106 valence electrons. The summed E-state index contributed by atoms with van der Waals surface area (Å²) in [6, 6.07) is 2.18. The van der Waals surface area contributed by atoms with Crippen LogP contribution in [0, 0.1) is 18.6 Å². The van der Waals surface area contributed by atoms with Gasteiger partial charge < -0.3 is 10.3 Å². The van der Waals surface area contributed by atoms with Gasteiger partial charge in [-0.05, 0) is 31.4 Å². The number of nitrogens with zero attached hydrogens (tertiary/aromatic N) is 2. The highest BCUT2D eigenvalue weighted by Gasteiger charge is 2.36. The van der Waals surface area contributed by atoms with Gasteiger partial charge in [-0.15, -0.1) is 0 Å². The number of halogens is 2. The summed E-state index contributed by atoms with van der Waals surface area (Å²) in [5.41, 5.74) is 6.06. The standard InChI is InChI=1S/C14H15F2N3O/c1-8-6-9(11(16)7-10(8)15)12-18-13(19-20-12)14(17)4-2-3-5-14/h6-7H,2-5,17H2,1H3. The van der Waals surface area contributed by atoms with Crippen LogP contribution in [0.25, 0.3) is 11.5 Å². The summed E-state index contributed by atoms with van der Waals surface area (Å²) >= 11 is 0. The zero-order valence-corrected chi connectivity index (χ0v) is 11.1. The molecule has 1 heterocycles. The van der Waals surface area contributed by atoms with Crippen LogP contribution in [-0.4, -0.2) is 10.1 Å². The van der Waals surface area contributed by atoms with Gasteiger partial charge in [0.05, 0.1) is 11.1 Å². The lowest BCUT2D eigenvalue weighted by molar-refractivity contribution is 0.372. The number of hydrogen-bond donors (Lipinski definition) is 1. The molecule has 0 amide bonds. The molecule has 0 aliphatic heterocycles. The number of nitrogens with two attached hydrogens (primary N) is 1. The monoisotopic (exact) mass is 279 g/mol. The van der Waals surface area contributed by atoms with Gasteiger partial charge in [0.2, 0.25) is 0 Å². The summed E-state index contributed by atoms with van der Waals surface area (Å²) in [4.78, 5) is 4.20. The molecule has 0 atom stereocenters. The van der Waals surface area contributed by atoms with E-state index in [1.807, 2.05) is 0 Å². The first kappa shape index (κ1) is 13.2. The van der Waals surface area contributed by atoms with Crippen LogP contribution in [0.4, 0.5) is 8.78 Å². The number of aryl methyl sites for hydroxylation is 1. The van der Waals surface area contributed by atoms with E-state index in [0.717, 1.165) is 31.7 Å². The zero-order valence-electron chi connectivity index (χ0n) is 11.1. The van der Waals surface area contributed by atoms with Crippen LogP contribution >= 0.6 is 0 Å². The van der Waals surface area contributed by atoms with Crippen molar-refractivity contribution in [2.75, 3.05) is 0 Å².